The molecular weight excluding hydrogens is 304 g/mol. The number of carbonyl (C=O) groups excluding carboxylic acids is 2. The lowest BCUT2D eigenvalue weighted by molar-refractivity contribution is -0.133. The molecule has 24 heavy (non-hydrogen) atoms. The maximum absolute atomic E-state index is 11.8. The quantitative estimate of drug-likeness (QED) is 0.702. The van der Waals surface area contributed by atoms with Crippen LogP contribution >= 0.6 is 0 Å². The number of benzene rings is 1. The van der Waals surface area contributed by atoms with Crippen molar-refractivity contribution in [2.24, 2.45) is 5.73 Å². The van der Waals surface area contributed by atoms with Crippen LogP contribution in [-0.4, -0.2) is 48.9 Å². The number of nitrogens with zero attached hydrogens (tertiary/aromatic N) is 1. The van der Waals surface area contributed by atoms with Gasteiger partial charge in [0.1, 0.15) is 6.04 Å². The van der Waals surface area contributed by atoms with Crippen molar-refractivity contribution in [3.63, 3.8) is 0 Å². The van der Waals surface area contributed by atoms with Crippen molar-refractivity contribution < 1.29 is 9.59 Å². The molecule has 0 aliphatic carbocycles. The van der Waals surface area contributed by atoms with Gasteiger partial charge in [-0.25, -0.2) is 0 Å². The zero-order valence-electron chi connectivity index (χ0n) is 14.0. The summed E-state index contributed by atoms with van der Waals surface area (Å²) in [5.41, 5.74) is 7.90. The van der Waals surface area contributed by atoms with Crippen molar-refractivity contribution >= 4 is 17.5 Å². The maximum Gasteiger partial charge on any atom is 0.249 e. The lowest BCUT2D eigenvalue weighted by Gasteiger charge is -2.32. The number of carbonyl (C=O) groups is 2. The normalized spacial score (nSPS) is 23.1. The molecule has 2 amide bonds. The molecule has 1 aromatic carbocycles. The predicted molar refractivity (Wildman–Crippen MR) is 93.7 cm³/mol. The second kappa shape index (κ2) is 7.77. The van der Waals surface area contributed by atoms with Gasteiger partial charge in [-0.2, -0.15) is 0 Å². The van der Waals surface area contributed by atoms with Gasteiger partial charge in [0.2, 0.25) is 11.8 Å². The molecule has 1 unspecified atom stereocenters. The van der Waals surface area contributed by atoms with Crippen LogP contribution in [0.5, 0.6) is 0 Å². The lowest BCUT2D eigenvalue weighted by atomic mass is 9.89. The lowest BCUT2D eigenvalue weighted by Crippen LogP contribution is -2.47. The Labute approximate surface area is 142 Å². The molecule has 0 saturated carbocycles. The summed E-state index contributed by atoms with van der Waals surface area (Å²) < 4.78 is 0. The Morgan fingerprint density at radius 1 is 1.12 bits per heavy atom. The molecule has 0 spiro atoms. The molecule has 4 N–H and O–H groups in total. The van der Waals surface area contributed by atoms with Gasteiger partial charge in [-0.3, -0.25) is 14.9 Å². The molecule has 2 aliphatic rings. The maximum atomic E-state index is 11.8. The van der Waals surface area contributed by atoms with Crippen LogP contribution in [0.1, 0.15) is 37.2 Å². The summed E-state index contributed by atoms with van der Waals surface area (Å²) in [6.07, 6.45) is 3.27. The summed E-state index contributed by atoms with van der Waals surface area (Å²) in [5.74, 6) is 0.181. The van der Waals surface area contributed by atoms with Crippen LogP contribution in [0.15, 0.2) is 24.3 Å². The third-order valence-electron chi connectivity index (χ3n) is 5.00. The number of hydrogen-bond acceptors (Lipinski definition) is 5. The van der Waals surface area contributed by atoms with E-state index in [0.29, 0.717) is 18.8 Å². The second-order valence-corrected chi connectivity index (χ2v) is 6.67. The fourth-order valence-electron chi connectivity index (χ4n) is 3.56. The number of nitrogens with two attached hydrogens (primary N) is 1. The molecule has 1 aromatic rings. The van der Waals surface area contributed by atoms with Crippen molar-refractivity contribution in [2.45, 2.75) is 37.6 Å². The van der Waals surface area contributed by atoms with Gasteiger partial charge in [0.25, 0.3) is 0 Å². The Balaban J connectivity index is 1.54. The number of rotatable bonds is 5. The van der Waals surface area contributed by atoms with E-state index in [1.54, 1.807) is 0 Å². The second-order valence-electron chi connectivity index (χ2n) is 6.67. The third-order valence-corrected chi connectivity index (χ3v) is 5.00. The van der Waals surface area contributed by atoms with Gasteiger partial charge >= 0.3 is 0 Å². The van der Waals surface area contributed by atoms with Gasteiger partial charge in [-0.15, -0.1) is 0 Å². The minimum Gasteiger partial charge on any atom is -0.374 e. The number of anilines is 1. The largest absolute Gasteiger partial charge is 0.374 e. The molecule has 2 fully saturated rings. The average molecular weight is 330 g/mol. The van der Waals surface area contributed by atoms with Crippen LogP contribution in [0.4, 0.5) is 5.69 Å². The summed E-state index contributed by atoms with van der Waals surface area (Å²) in [6, 6.07) is 8.04. The van der Waals surface area contributed by atoms with E-state index < -0.39 is 0 Å². The monoisotopic (exact) mass is 330 g/mol. The molecule has 1 atom stereocenters. The van der Waals surface area contributed by atoms with E-state index in [1.807, 2.05) is 12.1 Å². The van der Waals surface area contributed by atoms with E-state index in [2.05, 4.69) is 27.7 Å². The number of likely N-dealkylation sites (tertiary alicyclic amines) is 1. The van der Waals surface area contributed by atoms with Crippen molar-refractivity contribution in [1.29, 1.82) is 0 Å². The summed E-state index contributed by atoms with van der Waals surface area (Å²) in [6.45, 7) is 3.93. The van der Waals surface area contributed by atoms with E-state index in [0.717, 1.165) is 31.9 Å². The zero-order valence-corrected chi connectivity index (χ0v) is 14.0. The highest BCUT2D eigenvalue weighted by Gasteiger charge is 2.26. The van der Waals surface area contributed by atoms with Crippen LogP contribution in [0.2, 0.25) is 0 Å². The van der Waals surface area contributed by atoms with E-state index >= 15 is 0 Å². The van der Waals surface area contributed by atoms with Crippen molar-refractivity contribution in [3.8, 4) is 0 Å². The molecule has 2 saturated heterocycles. The molecule has 2 heterocycles. The van der Waals surface area contributed by atoms with Gasteiger partial charge in [-0.1, -0.05) is 12.1 Å². The van der Waals surface area contributed by atoms with Gasteiger partial charge in [0.15, 0.2) is 0 Å². The van der Waals surface area contributed by atoms with Gasteiger partial charge < -0.3 is 16.0 Å². The Hall–Kier alpha value is -1.92. The fourth-order valence-corrected chi connectivity index (χ4v) is 3.56. The highest BCUT2D eigenvalue weighted by atomic mass is 16.2. The topological polar surface area (TPSA) is 87.5 Å². The Bertz CT molecular complexity index is 579. The first-order chi connectivity index (χ1) is 11.7. The van der Waals surface area contributed by atoms with Gasteiger partial charge in [-0.05, 0) is 56.0 Å². The van der Waals surface area contributed by atoms with Gasteiger partial charge in [0, 0.05) is 25.2 Å². The summed E-state index contributed by atoms with van der Waals surface area (Å²) >= 11 is 0. The Kier molecular flexibility index (Phi) is 5.48. The Morgan fingerprint density at radius 3 is 2.46 bits per heavy atom. The predicted octanol–water partition coefficient (Wildman–Crippen LogP) is 1.04. The van der Waals surface area contributed by atoms with Crippen LogP contribution in [-0.2, 0) is 9.59 Å². The van der Waals surface area contributed by atoms with Crippen LogP contribution in [0, 0.1) is 0 Å². The minimum absolute atomic E-state index is 0.186. The van der Waals surface area contributed by atoms with Crippen LogP contribution < -0.4 is 16.4 Å². The van der Waals surface area contributed by atoms with E-state index in [1.165, 1.54) is 18.4 Å². The third kappa shape index (κ3) is 4.13. The first-order valence-corrected chi connectivity index (χ1v) is 8.78. The first-order valence-electron chi connectivity index (χ1n) is 8.78. The zero-order chi connectivity index (χ0) is 16.9. The Morgan fingerprint density at radius 2 is 1.83 bits per heavy atom. The summed E-state index contributed by atoms with van der Waals surface area (Å²) in [5, 5.41) is 5.59. The molecule has 0 bridgehead atoms. The number of amides is 2. The molecular formula is C18H26N4O2. The SMILES string of the molecule is NCCN1CCC(c2ccc(NC3CCC(=O)NC3=O)cc2)CC1. The van der Waals surface area contributed by atoms with Gasteiger partial charge in [0.05, 0.1) is 0 Å². The van der Waals surface area contributed by atoms with E-state index in [4.69, 9.17) is 5.73 Å². The highest BCUT2D eigenvalue weighted by molar-refractivity contribution is 6.01. The van der Waals surface area contributed by atoms with E-state index in [9.17, 15) is 9.59 Å². The van der Waals surface area contributed by atoms with Crippen molar-refractivity contribution in [1.82, 2.24) is 10.2 Å². The summed E-state index contributed by atoms with van der Waals surface area (Å²) in [4.78, 5) is 25.4. The number of nitrogens with one attached hydrogen (secondary N) is 2. The molecule has 3 rings (SSSR count). The molecule has 130 valence electrons. The highest BCUT2D eigenvalue weighted by Crippen LogP contribution is 2.29. The average Bonchev–Trinajstić information content (AvgIpc) is 2.59. The van der Waals surface area contributed by atoms with Crippen molar-refractivity contribution in [2.75, 3.05) is 31.5 Å². The van der Waals surface area contributed by atoms with Crippen LogP contribution in [0.3, 0.4) is 0 Å². The standard InChI is InChI=1S/C18H26N4O2/c19-9-12-22-10-7-14(8-11-22)13-1-3-15(4-2-13)20-16-5-6-17(23)21-18(16)24/h1-4,14,16,20H,5-12,19H2,(H,21,23,24). The van der Waals surface area contributed by atoms with E-state index in [-0.39, 0.29) is 17.9 Å². The molecule has 6 nitrogen and oxygen atoms in total. The number of hydrogen-bond donors (Lipinski definition) is 3. The first kappa shape index (κ1) is 16.9. The van der Waals surface area contributed by atoms with Crippen molar-refractivity contribution in [3.05, 3.63) is 29.8 Å². The minimum atomic E-state index is -0.326. The number of piperidine rings is 2. The van der Waals surface area contributed by atoms with Crippen LogP contribution in [0.25, 0.3) is 0 Å². The smallest absolute Gasteiger partial charge is 0.249 e. The molecule has 0 radical (unpaired) electrons. The molecule has 0 aromatic heterocycles. The number of imide groups is 1. The molecule has 6 heteroatoms. The fraction of sp³-hybridized carbons (Fsp3) is 0.556. The summed E-state index contributed by atoms with van der Waals surface area (Å²) in [7, 11) is 0. The molecule has 2 aliphatic heterocycles.